The lowest BCUT2D eigenvalue weighted by atomic mass is 9.97. The van der Waals surface area contributed by atoms with E-state index in [-0.39, 0.29) is 28.2 Å². The van der Waals surface area contributed by atoms with E-state index in [0.717, 1.165) is 0 Å². The van der Waals surface area contributed by atoms with E-state index in [2.05, 4.69) is 0 Å². The van der Waals surface area contributed by atoms with Crippen molar-refractivity contribution >= 4 is 22.7 Å². The first-order valence-electron chi connectivity index (χ1n) is 7.88. The lowest BCUT2D eigenvalue weighted by molar-refractivity contribution is 0.0588. The number of rotatable bonds is 5. The summed E-state index contributed by atoms with van der Waals surface area (Å²) in [6.45, 7) is 5.53. The second kappa shape index (κ2) is 6.86. The maximum Gasteiger partial charge on any atom is 0.354 e. The number of carbonyl (C=O) groups is 2. The molecule has 24 heavy (non-hydrogen) atoms. The number of phenols is 1. The van der Waals surface area contributed by atoms with Gasteiger partial charge >= 0.3 is 5.97 Å². The fraction of sp³-hybridized carbons (Fsp3) is 0.389. The summed E-state index contributed by atoms with van der Waals surface area (Å²) < 4.78 is 6.41. The molecule has 0 amide bonds. The zero-order valence-electron chi connectivity index (χ0n) is 14.3. The highest BCUT2D eigenvalue weighted by Gasteiger charge is 2.22. The molecule has 0 atom stereocenters. The van der Waals surface area contributed by atoms with E-state index >= 15 is 0 Å². The van der Waals surface area contributed by atoms with Crippen molar-refractivity contribution in [2.24, 2.45) is 0 Å². The molecule has 2 aromatic rings. The number of hydrogen-bond donors (Lipinski definition) is 1. The molecular formula is C18H21NO5. The number of aromatic nitrogens is 1. The summed E-state index contributed by atoms with van der Waals surface area (Å²) >= 11 is 0. The highest BCUT2D eigenvalue weighted by atomic mass is 16.5. The summed E-state index contributed by atoms with van der Waals surface area (Å²) in [5.74, 6) is -1.06. The average Bonchev–Trinajstić information content (AvgIpc) is 2.55. The molecule has 0 fully saturated rings. The summed E-state index contributed by atoms with van der Waals surface area (Å²) in [7, 11) is 1.25. The van der Waals surface area contributed by atoms with Gasteiger partial charge in [-0.1, -0.05) is 13.3 Å². The fourth-order valence-corrected chi connectivity index (χ4v) is 2.97. The van der Waals surface area contributed by atoms with Gasteiger partial charge in [-0.3, -0.25) is 9.59 Å². The molecule has 0 bridgehead atoms. The molecule has 0 aliphatic heterocycles. The Balaban J connectivity index is 3.07. The van der Waals surface area contributed by atoms with Crippen LogP contribution < -0.4 is 5.43 Å². The first-order chi connectivity index (χ1) is 11.4. The number of esters is 1. The SMILES string of the molecule is CCCc1c(O)c(C(C)=O)cc2c(=O)cc(C(=O)OC)n(CC)c12. The quantitative estimate of drug-likeness (QED) is 0.672. The van der Waals surface area contributed by atoms with Gasteiger partial charge in [0.15, 0.2) is 11.2 Å². The first-order valence-corrected chi connectivity index (χ1v) is 7.88. The van der Waals surface area contributed by atoms with E-state index in [0.29, 0.717) is 35.9 Å². The number of nitrogens with zero attached hydrogens (tertiary/aromatic N) is 1. The van der Waals surface area contributed by atoms with Crippen molar-refractivity contribution in [3.8, 4) is 5.75 Å². The third-order valence-electron chi connectivity index (χ3n) is 4.05. The van der Waals surface area contributed by atoms with Crippen LogP contribution in [0.4, 0.5) is 0 Å². The number of Topliss-reactive ketones (excluding diaryl/α,β-unsaturated/α-hetero) is 1. The Kier molecular flexibility index (Phi) is 5.07. The number of aryl methyl sites for hydroxylation is 2. The Morgan fingerprint density at radius 2 is 1.92 bits per heavy atom. The number of pyridine rings is 1. The zero-order valence-corrected chi connectivity index (χ0v) is 14.3. The predicted molar refractivity (Wildman–Crippen MR) is 90.9 cm³/mol. The van der Waals surface area contributed by atoms with Gasteiger partial charge in [0.25, 0.3) is 0 Å². The van der Waals surface area contributed by atoms with Crippen LogP contribution in [0.15, 0.2) is 16.9 Å². The van der Waals surface area contributed by atoms with Crippen molar-refractivity contribution in [3.63, 3.8) is 0 Å². The third kappa shape index (κ3) is 2.79. The van der Waals surface area contributed by atoms with Crippen LogP contribution >= 0.6 is 0 Å². The molecule has 1 heterocycles. The van der Waals surface area contributed by atoms with Crippen molar-refractivity contribution in [1.29, 1.82) is 0 Å². The van der Waals surface area contributed by atoms with Crippen molar-refractivity contribution in [1.82, 2.24) is 4.57 Å². The number of carbonyl (C=O) groups excluding carboxylic acids is 2. The van der Waals surface area contributed by atoms with Crippen LogP contribution in [-0.2, 0) is 17.7 Å². The summed E-state index contributed by atoms with van der Waals surface area (Å²) in [6, 6.07) is 2.62. The van der Waals surface area contributed by atoms with Crippen molar-refractivity contribution in [2.45, 2.75) is 40.2 Å². The largest absolute Gasteiger partial charge is 0.507 e. The zero-order chi connectivity index (χ0) is 18.0. The molecule has 0 unspecified atom stereocenters. The summed E-state index contributed by atoms with van der Waals surface area (Å²) in [4.78, 5) is 36.3. The van der Waals surface area contributed by atoms with E-state index in [9.17, 15) is 19.5 Å². The van der Waals surface area contributed by atoms with Gasteiger partial charge in [0, 0.05) is 23.6 Å². The maximum absolute atomic E-state index is 12.5. The number of ketones is 1. The molecule has 0 aliphatic rings. The molecule has 1 aromatic heterocycles. The average molecular weight is 331 g/mol. The number of benzene rings is 1. The standard InChI is InChI=1S/C18H21NO5/c1-5-7-11-16-13(8-12(10(3)20)17(11)22)15(21)9-14(18(23)24-4)19(16)6-2/h8-9,22H,5-7H2,1-4H3. The Hall–Kier alpha value is -2.63. The van der Waals surface area contributed by atoms with Crippen molar-refractivity contribution in [2.75, 3.05) is 7.11 Å². The van der Waals surface area contributed by atoms with Crippen molar-refractivity contribution < 1.29 is 19.4 Å². The smallest absolute Gasteiger partial charge is 0.354 e. The molecule has 0 saturated heterocycles. The van der Waals surface area contributed by atoms with E-state index in [4.69, 9.17) is 4.74 Å². The van der Waals surface area contributed by atoms with E-state index < -0.39 is 5.97 Å². The molecule has 1 aromatic carbocycles. The topological polar surface area (TPSA) is 85.6 Å². The molecule has 0 aliphatic carbocycles. The Bertz CT molecular complexity index is 879. The highest BCUT2D eigenvalue weighted by Crippen LogP contribution is 2.32. The maximum atomic E-state index is 12.5. The van der Waals surface area contributed by atoms with Crippen molar-refractivity contribution in [3.05, 3.63) is 39.2 Å². The highest BCUT2D eigenvalue weighted by molar-refractivity contribution is 6.03. The predicted octanol–water partition coefficient (Wildman–Crippen LogP) is 2.67. The van der Waals surface area contributed by atoms with Gasteiger partial charge in [-0.15, -0.1) is 0 Å². The monoisotopic (exact) mass is 331 g/mol. The number of hydrogen-bond acceptors (Lipinski definition) is 5. The van der Waals surface area contributed by atoms with Crippen LogP contribution in [0.5, 0.6) is 5.75 Å². The van der Waals surface area contributed by atoms with E-state index in [1.165, 1.54) is 26.2 Å². The minimum atomic E-state index is -0.617. The molecule has 0 saturated carbocycles. The molecule has 1 N–H and O–H groups in total. The normalized spacial score (nSPS) is 10.8. The Morgan fingerprint density at radius 3 is 2.42 bits per heavy atom. The fourth-order valence-electron chi connectivity index (χ4n) is 2.97. The number of phenolic OH excluding ortho intramolecular Hbond substituents is 1. The number of aromatic hydroxyl groups is 1. The second-order valence-electron chi connectivity index (χ2n) is 5.58. The summed E-state index contributed by atoms with van der Waals surface area (Å²) in [5.41, 5.74) is 0.857. The van der Waals surface area contributed by atoms with Crippen LogP contribution in [-0.4, -0.2) is 28.5 Å². The van der Waals surface area contributed by atoms with Gasteiger partial charge in [0.2, 0.25) is 0 Å². The van der Waals surface area contributed by atoms with Gasteiger partial charge in [0.05, 0.1) is 18.2 Å². The van der Waals surface area contributed by atoms with Crippen LogP contribution in [0.25, 0.3) is 10.9 Å². The third-order valence-corrected chi connectivity index (χ3v) is 4.05. The van der Waals surface area contributed by atoms with Gasteiger partial charge in [0.1, 0.15) is 11.4 Å². The van der Waals surface area contributed by atoms with Gasteiger partial charge in [-0.2, -0.15) is 0 Å². The number of ether oxygens (including phenoxy) is 1. The van der Waals surface area contributed by atoms with Crippen LogP contribution in [0.2, 0.25) is 0 Å². The lowest BCUT2D eigenvalue weighted by Crippen LogP contribution is -2.20. The van der Waals surface area contributed by atoms with Gasteiger partial charge in [-0.25, -0.2) is 4.79 Å². The minimum absolute atomic E-state index is 0.122. The summed E-state index contributed by atoms with van der Waals surface area (Å²) in [6.07, 6.45) is 1.19. The Morgan fingerprint density at radius 1 is 1.25 bits per heavy atom. The minimum Gasteiger partial charge on any atom is -0.507 e. The first kappa shape index (κ1) is 17.7. The molecule has 2 rings (SSSR count). The second-order valence-corrected chi connectivity index (χ2v) is 5.58. The molecular weight excluding hydrogens is 310 g/mol. The molecule has 0 radical (unpaired) electrons. The molecule has 0 spiro atoms. The number of methoxy groups -OCH3 is 1. The summed E-state index contributed by atoms with van der Waals surface area (Å²) in [5, 5.41) is 10.8. The Labute approximate surface area is 139 Å². The van der Waals surface area contributed by atoms with Gasteiger partial charge < -0.3 is 14.4 Å². The van der Waals surface area contributed by atoms with E-state index in [1.54, 1.807) is 4.57 Å². The molecule has 128 valence electrons. The van der Waals surface area contributed by atoms with Crippen LogP contribution in [0, 0.1) is 0 Å². The van der Waals surface area contributed by atoms with Crippen LogP contribution in [0.3, 0.4) is 0 Å². The van der Waals surface area contributed by atoms with E-state index in [1.807, 2.05) is 13.8 Å². The molecule has 6 nitrogen and oxygen atoms in total. The van der Waals surface area contributed by atoms with Crippen LogP contribution in [0.1, 0.15) is 53.6 Å². The lowest BCUT2D eigenvalue weighted by Gasteiger charge is -2.19. The molecule has 6 heteroatoms. The van der Waals surface area contributed by atoms with Gasteiger partial charge in [-0.05, 0) is 26.3 Å². The number of fused-ring (bicyclic) bond motifs is 1.